The summed E-state index contributed by atoms with van der Waals surface area (Å²) in [6.07, 6.45) is 0.870. The zero-order chi connectivity index (χ0) is 21.5. The third kappa shape index (κ3) is 3.89. The number of hydrogen-bond acceptors (Lipinski definition) is 2. The van der Waals surface area contributed by atoms with E-state index in [0.29, 0.717) is 11.5 Å². The zero-order valence-electron chi connectivity index (χ0n) is 18.6. The van der Waals surface area contributed by atoms with E-state index in [1.54, 1.807) is 0 Å². The molecule has 3 aromatic rings. The maximum Gasteiger partial charge on any atom is 0.121 e. The number of aryl methyl sites for hydroxylation is 3. The summed E-state index contributed by atoms with van der Waals surface area (Å²) in [6.45, 7) is 14.2. The van der Waals surface area contributed by atoms with Gasteiger partial charge in [0.25, 0.3) is 0 Å². The normalized spacial score (nSPS) is 11.3. The van der Waals surface area contributed by atoms with Crippen LogP contribution in [0.5, 0.6) is 11.5 Å². The quantitative estimate of drug-likeness (QED) is 0.526. The average molecular weight is 389 g/mol. The standard InChI is InChI=1S/C27H32O2/c1-15-8-10-22(11-9-15)14-25(23-12-16(2)26(28)20(6)18(23)4)24-13-17(3)27(29)21(7)19(24)5/h8-13,25,28-29H,14H2,1-7H3. The highest BCUT2D eigenvalue weighted by atomic mass is 16.3. The van der Waals surface area contributed by atoms with E-state index in [2.05, 4.69) is 57.2 Å². The smallest absolute Gasteiger partial charge is 0.121 e. The van der Waals surface area contributed by atoms with Gasteiger partial charge in [-0.2, -0.15) is 0 Å². The fourth-order valence-electron chi connectivity index (χ4n) is 4.27. The highest BCUT2D eigenvalue weighted by Gasteiger charge is 2.24. The molecular formula is C27H32O2. The predicted molar refractivity (Wildman–Crippen MR) is 121 cm³/mol. The number of phenolic OH excluding ortho intramolecular Hbond substituents is 2. The Morgan fingerprint density at radius 3 is 1.45 bits per heavy atom. The first-order chi connectivity index (χ1) is 13.6. The molecule has 0 radical (unpaired) electrons. The van der Waals surface area contributed by atoms with Crippen LogP contribution in [0.2, 0.25) is 0 Å². The van der Waals surface area contributed by atoms with Gasteiger partial charge in [0.1, 0.15) is 11.5 Å². The minimum Gasteiger partial charge on any atom is -0.507 e. The molecule has 0 aromatic heterocycles. The molecule has 0 saturated carbocycles. The topological polar surface area (TPSA) is 40.5 Å². The van der Waals surface area contributed by atoms with E-state index in [9.17, 15) is 10.2 Å². The van der Waals surface area contributed by atoms with E-state index in [0.717, 1.165) is 39.8 Å². The first-order valence-electron chi connectivity index (χ1n) is 10.3. The molecule has 0 heterocycles. The van der Waals surface area contributed by atoms with Gasteiger partial charge in [-0.15, -0.1) is 0 Å². The molecule has 0 aliphatic carbocycles. The molecule has 2 nitrogen and oxygen atoms in total. The average Bonchev–Trinajstić information content (AvgIpc) is 2.70. The van der Waals surface area contributed by atoms with Gasteiger partial charge in [0.15, 0.2) is 0 Å². The van der Waals surface area contributed by atoms with Crippen molar-refractivity contribution in [2.75, 3.05) is 0 Å². The molecule has 0 atom stereocenters. The van der Waals surface area contributed by atoms with Crippen molar-refractivity contribution in [3.63, 3.8) is 0 Å². The highest BCUT2D eigenvalue weighted by molar-refractivity contribution is 5.56. The largest absolute Gasteiger partial charge is 0.507 e. The molecule has 0 amide bonds. The number of rotatable bonds is 4. The van der Waals surface area contributed by atoms with Crippen LogP contribution in [0.1, 0.15) is 61.6 Å². The van der Waals surface area contributed by atoms with Crippen LogP contribution in [0.4, 0.5) is 0 Å². The number of benzene rings is 3. The molecule has 0 aliphatic heterocycles. The molecule has 29 heavy (non-hydrogen) atoms. The second kappa shape index (κ2) is 7.94. The Morgan fingerprint density at radius 2 is 1.03 bits per heavy atom. The summed E-state index contributed by atoms with van der Waals surface area (Å²) in [6, 6.07) is 13.0. The Hall–Kier alpha value is -2.74. The lowest BCUT2D eigenvalue weighted by Gasteiger charge is -2.26. The molecule has 2 N–H and O–H groups in total. The van der Waals surface area contributed by atoms with Gasteiger partial charge < -0.3 is 10.2 Å². The van der Waals surface area contributed by atoms with E-state index in [1.165, 1.54) is 22.3 Å². The molecule has 3 aromatic carbocycles. The van der Waals surface area contributed by atoms with Gasteiger partial charge in [0.05, 0.1) is 0 Å². The molecule has 3 rings (SSSR count). The number of phenols is 2. The summed E-state index contributed by atoms with van der Waals surface area (Å²) >= 11 is 0. The molecule has 2 heteroatoms. The van der Waals surface area contributed by atoms with Gasteiger partial charge in [-0.05, 0) is 105 Å². The van der Waals surface area contributed by atoms with Crippen LogP contribution in [-0.2, 0) is 6.42 Å². The van der Waals surface area contributed by atoms with Crippen molar-refractivity contribution < 1.29 is 10.2 Å². The molecule has 0 bridgehead atoms. The van der Waals surface area contributed by atoms with Gasteiger partial charge in [0.2, 0.25) is 0 Å². The third-order valence-corrected chi connectivity index (χ3v) is 6.50. The summed E-state index contributed by atoms with van der Waals surface area (Å²) in [5, 5.41) is 20.9. The van der Waals surface area contributed by atoms with Crippen molar-refractivity contribution in [3.8, 4) is 11.5 Å². The van der Waals surface area contributed by atoms with Crippen LogP contribution < -0.4 is 0 Å². The number of hydrogen-bond donors (Lipinski definition) is 2. The summed E-state index contributed by atoms with van der Waals surface area (Å²) < 4.78 is 0. The van der Waals surface area contributed by atoms with Crippen molar-refractivity contribution in [3.05, 3.63) is 92.0 Å². The molecule has 0 aliphatic rings. The molecular weight excluding hydrogens is 356 g/mol. The third-order valence-electron chi connectivity index (χ3n) is 6.50. The summed E-state index contributed by atoms with van der Waals surface area (Å²) in [5.74, 6) is 0.916. The summed E-state index contributed by atoms with van der Waals surface area (Å²) in [4.78, 5) is 0. The summed E-state index contributed by atoms with van der Waals surface area (Å²) in [7, 11) is 0. The van der Waals surface area contributed by atoms with Crippen molar-refractivity contribution in [1.82, 2.24) is 0 Å². The van der Waals surface area contributed by atoms with E-state index >= 15 is 0 Å². The van der Waals surface area contributed by atoms with Gasteiger partial charge in [0, 0.05) is 5.92 Å². The van der Waals surface area contributed by atoms with E-state index in [1.807, 2.05) is 27.7 Å². The molecule has 0 spiro atoms. The van der Waals surface area contributed by atoms with Crippen molar-refractivity contribution in [2.45, 2.75) is 60.8 Å². The first-order valence-corrected chi connectivity index (χ1v) is 10.3. The first kappa shape index (κ1) is 21.0. The van der Waals surface area contributed by atoms with E-state index in [-0.39, 0.29) is 5.92 Å². The van der Waals surface area contributed by atoms with Gasteiger partial charge in [-0.1, -0.05) is 42.0 Å². The second-order valence-electron chi connectivity index (χ2n) is 8.50. The second-order valence-corrected chi connectivity index (χ2v) is 8.50. The minimum atomic E-state index is 0.147. The summed E-state index contributed by atoms with van der Waals surface area (Å²) in [5.41, 5.74) is 11.0. The minimum absolute atomic E-state index is 0.147. The van der Waals surface area contributed by atoms with Crippen LogP contribution >= 0.6 is 0 Å². The van der Waals surface area contributed by atoms with Gasteiger partial charge >= 0.3 is 0 Å². The number of aromatic hydroxyl groups is 2. The van der Waals surface area contributed by atoms with Gasteiger partial charge in [-0.3, -0.25) is 0 Å². The van der Waals surface area contributed by atoms with Gasteiger partial charge in [-0.25, -0.2) is 0 Å². The molecule has 0 fully saturated rings. The maximum atomic E-state index is 10.4. The maximum absolute atomic E-state index is 10.4. The molecule has 0 unspecified atom stereocenters. The Bertz CT molecular complexity index is 996. The predicted octanol–water partition coefficient (Wildman–Crippen LogP) is 6.63. The van der Waals surface area contributed by atoms with Crippen molar-refractivity contribution in [1.29, 1.82) is 0 Å². The Kier molecular flexibility index (Phi) is 5.75. The fraction of sp³-hybridized carbons (Fsp3) is 0.333. The lowest BCUT2D eigenvalue weighted by atomic mass is 9.79. The molecule has 0 saturated heterocycles. The van der Waals surface area contributed by atoms with Crippen LogP contribution in [0, 0.1) is 48.5 Å². The van der Waals surface area contributed by atoms with E-state index in [4.69, 9.17) is 0 Å². The Balaban J connectivity index is 2.25. The van der Waals surface area contributed by atoms with Crippen molar-refractivity contribution >= 4 is 0 Å². The highest BCUT2D eigenvalue weighted by Crippen LogP contribution is 2.40. The van der Waals surface area contributed by atoms with Crippen LogP contribution in [0.3, 0.4) is 0 Å². The fourth-order valence-corrected chi connectivity index (χ4v) is 4.27. The monoisotopic (exact) mass is 388 g/mol. The van der Waals surface area contributed by atoms with Crippen LogP contribution in [0.25, 0.3) is 0 Å². The SMILES string of the molecule is Cc1ccc(CC(c2cc(C)c(O)c(C)c2C)c2cc(C)c(O)c(C)c2C)cc1. The van der Waals surface area contributed by atoms with E-state index < -0.39 is 0 Å². The van der Waals surface area contributed by atoms with Crippen molar-refractivity contribution in [2.24, 2.45) is 0 Å². The lowest BCUT2D eigenvalue weighted by Crippen LogP contribution is -2.11. The molecule has 152 valence electrons. The lowest BCUT2D eigenvalue weighted by molar-refractivity contribution is 0.465. The van der Waals surface area contributed by atoms with Crippen LogP contribution in [0.15, 0.2) is 36.4 Å². The Labute approximate surface area is 174 Å². The Morgan fingerprint density at radius 1 is 0.621 bits per heavy atom. The van der Waals surface area contributed by atoms with Crippen LogP contribution in [-0.4, -0.2) is 10.2 Å². The zero-order valence-corrected chi connectivity index (χ0v) is 18.6.